The first-order valence-electron chi connectivity index (χ1n) is 7.41. The number of nitriles is 1. The lowest BCUT2D eigenvalue weighted by atomic mass is 10.1. The Balaban J connectivity index is 1.88. The Bertz CT molecular complexity index is 881. The Hall–Kier alpha value is -3.46. The summed E-state index contributed by atoms with van der Waals surface area (Å²) in [5.41, 5.74) is 1.51. The highest BCUT2D eigenvalue weighted by atomic mass is 16.1. The summed E-state index contributed by atoms with van der Waals surface area (Å²) in [5.74, 6) is -0.554. The van der Waals surface area contributed by atoms with E-state index in [1.807, 2.05) is 54.6 Å². The molecule has 0 radical (unpaired) electrons. The zero-order valence-electron chi connectivity index (χ0n) is 13.0. The summed E-state index contributed by atoms with van der Waals surface area (Å²) >= 11 is 0. The molecule has 1 N–H and O–H groups in total. The van der Waals surface area contributed by atoms with Gasteiger partial charge in [0.1, 0.15) is 0 Å². The Morgan fingerprint density at radius 3 is 2.33 bits per heavy atom. The Labute approximate surface area is 139 Å². The van der Waals surface area contributed by atoms with Crippen molar-refractivity contribution in [1.82, 2.24) is 14.8 Å². The van der Waals surface area contributed by atoms with Gasteiger partial charge >= 0.3 is 0 Å². The van der Waals surface area contributed by atoms with E-state index in [9.17, 15) is 10.1 Å². The van der Waals surface area contributed by atoms with E-state index in [0.29, 0.717) is 17.3 Å². The largest absolute Gasteiger partial charge is 0.325 e. The van der Waals surface area contributed by atoms with E-state index in [-0.39, 0.29) is 0 Å². The van der Waals surface area contributed by atoms with Crippen LogP contribution in [-0.2, 0) is 11.8 Å². The van der Waals surface area contributed by atoms with E-state index in [0.717, 1.165) is 5.56 Å². The molecule has 2 aromatic carbocycles. The molecule has 1 aromatic heterocycles. The number of rotatable bonds is 4. The Kier molecular flexibility index (Phi) is 4.34. The second kappa shape index (κ2) is 6.75. The molecule has 1 atom stereocenters. The predicted molar refractivity (Wildman–Crippen MR) is 89.9 cm³/mol. The average Bonchev–Trinajstić information content (AvgIpc) is 2.99. The first-order chi connectivity index (χ1) is 11.7. The summed E-state index contributed by atoms with van der Waals surface area (Å²) in [6.45, 7) is 0. The number of nitrogens with one attached hydrogen (secondary N) is 1. The normalized spacial score (nSPS) is 11.5. The molecule has 118 valence electrons. The Morgan fingerprint density at radius 1 is 1.08 bits per heavy atom. The molecule has 0 aliphatic heterocycles. The fourth-order valence-corrected chi connectivity index (χ4v) is 2.40. The first kappa shape index (κ1) is 15.4. The molecule has 24 heavy (non-hydrogen) atoms. The highest BCUT2D eigenvalue weighted by Gasteiger charge is 2.27. The van der Waals surface area contributed by atoms with Crippen LogP contribution in [0.25, 0.3) is 11.4 Å². The van der Waals surface area contributed by atoms with Gasteiger partial charge in [-0.05, 0) is 12.1 Å². The molecular weight excluding hydrogens is 302 g/mol. The highest BCUT2D eigenvalue weighted by molar-refractivity contribution is 5.97. The topological polar surface area (TPSA) is 83.6 Å². The molecule has 3 rings (SSSR count). The summed E-state index contributed by atoms with van der Waals surface area (Å²) in [5, 5.41) is 20.3. The van der Waals surface area contributed by atoms with Gasteiger partial charge in [-0.3, -0.25) is 4.79 Å². The van der Waals surface area contributed by atoms with E-state index in [1.54, 1.807) is 23.7 Å². The van der Waals surface area contributed by atoms with Crippen LogP contribution in [0.3, 0.4) is 0 Å². The minimum Gasteiger partial charge on any atom is -0.325 e. The summed E-state index contributed by atoms with van der Waals surface area (Å²) in [4.78, 5) is 12.4. The molecule has 0 saturated carbocycles. The molecule has 1 heterocycles. The van der Waals surface area contributed by atoms with Gasteiger partial charge in [0, 0.05) is 18.3 Å². The molecule has 1 amide bonds. The molecule has 0 saturated heterocycles. The van der Waals surface area contributed by atoms with E-state index >= 15 is 0 Å². The average molecular weight is 317 g/mol. The SMILES string of the molecule is Cn1c(-c2ccccc2)nnc1[C@H](C#N)C(=O)Nc1ccccc1. The summed E-state index contributed by atoms with van der Waals surface area (Å²) < 4.78 is 1.67. The third-order valence-electron chi connectivity index (χ3n) is 3.63. The quantitative estimate of drug-likeness (QED) is 0.802. The molecule has 6 heteroatoms. The number of anilines is 1. The second-order valence-corrected chi connectivity index (χ2v) is 5.22. The zero-order valence-corrected chi connectivity index (χ0v) is 13.0. The van der Waals surface area contributed by atoms with Gasteiger partial charge in [0.25, 0.3) is 0 Å². The molecular formula is C18H15N5O. The van der Waals surface area contributed by atoms with Crippen molar-refractivity contribution >= 4 is 11.6 Å². The number of hydrogen-bond acceptors (Lipinski definition) is 4. The van der Waals surface area contributed by atoms with E-state index < -0.39 is 11.8 Å². The summed E-state index contributed by atoms with van der Waals surface area (Å²) in [6, 6.07) is 20.5. The third-order valence-corrected chi connectivity index (χ3v) is 3.63. The van der Waals surface area contributed by atoms with Crippen LogP contribution in [0.15, 0.2) is 60.7 Å². The monoisotopic (exact) mass is 317 g/mol. The van der Waals surface area contributed by atoms with Crippen LogP contribution in [-0.4, -0.2) is 20.7 Å². The van der Waals surface area contributed by atoms with Crippen LogP contribution in [0.5, 0.6) is 0 Å². The molecule has 0 aliphatic carbocycles. The number of carbonyl (C=O) groups is 1. The summed E-state index contributed by atoms with van der Waals surface area (Å²) in [7, 11) is 1.75. The van der Waals surface area contributed by atoms with Crippen molar-refractivity contribution in [2.45, 2.75) is 5.92 Å². The van der Waals surface area contributed by atoms with Gasteiger partial charge in [-0.15, -0.1) is 10.2 Å². The predicted octanol–water partition coefficient (Wildman–Crippen LogP) is 2.73. The lowest BCUT2D eigenvalue weighted by Gasteiger charge is -2.10. The number of para-hydroxylation sites is 1. The fourth-order valence-electron chi connectivity index (χ4n) is 2.40. The number of carbonyl (C=O) groups excluding carboxylic acids is 1. The van der Waals surface area contributed by atoms with Crippen LogP contribution < -0.4 is 5.32 Å². The van der Waals surface area contributed by atoms with Crippen LogP contribution in [0.1, 0.15) is 11.7 Å². The van der Waals surface area contributed by atoms with Crippen molar-refractivity contribution in [1.29, 1.82) is 5.26 Å². The van der Waals surface area contributed by atoms with Crippen molar-refractivity contribution in [2.75, 3.05) is 5.32 Å². The second-order valence-electron chi connectivity index (χ2n) is 5.22. The fraction of sp³-hybridized carbons (Fsp3) is 0.111. The van der Waals surface area contributed by atoms with Crippen molar-refractivity contribution in [3.63, 3.8) is 0 Å². The number of amides is 1. The van der Waals surface area contributed by atoms with Gasteiger partial charge in [0.15, 0.2) is 17.6 Å². The van der Waals surface area contributed by atoms with Gasteiger partial charge in [0.05, 0.1) is 6.07 Å². The van der Waals surface area contributed by atoms with Gasteiger partial charge in [0.2, 0.25) is 5.91 Å². The van der Waals surface area contributed by atoms with Crippen LogP contribution in [0.4, 0.5) is 5.69 Å². The van der Waals surface area contributed by atoms with Crippen molar-refractivity contribution in [3.8, 4) is 17.5 Å². The minimum atomic E-state index is -1.04. The first-order valence-corrected chi connectivity index (χ1v) is 7.41. The lowest BCUT2D eigenvalue weighted by Crippen LogP contribution is -2.22. The minimum absolute atomic E-state index is 0.310. The third kappa shape index (κ3) is 3.01. The molecule has 0 unspecified atom stereocenters. The van der Waals surface area contributed by atoms with Gasteiger partial charge in [-0.2, -0.15) is 5.26 Å². The highest BCUT2D eigenvalue weighted by Crippen LogP contribution is 2.22. The van der Waals surface area contributed by atoms with Crippen LogP contribution in [0.2, 0.25) is 0 Å². The molecule has 0 fully saturated rings. The van der Waals surface area contributed by atoms with Crippen LogP contribution >= 0.6 is 0 Å². The smallest absolute Gasteiger partial charge is 0.249 e. The summed E-state index contributed by atoms with van der Waals surface area (Å²) in [6.07, 6.45) is 0. The van der Waals surface area contributed by atoms with Gasteiger partial charge in [-0.25, -0.2) is 0 Å². The van der Waals surface area contributed by atoms with Crippen LogP contribution in [0, 0.1) is 11.3 Å². The van der Waals surface area contributed by atoms with Gasteiger partial charge < -0.3 is 9.88 Å². The number of hydrogen-bond donors (Lipinski definition) is 1. The number of aromatic nitrogens is 3. The molecule has 0 spiro atoms. The van der Waals surface area contributed by atoms with Gasteiger partial charge in [-0.1, -0.05) is 48.5 Å². The van der Waals surface area contributed by atoms with E-state index in [2.05, 4.69) is 15.5 Å². The van der Waals surface area contributed by atoms with E-state index in [4.69, 9.17) is 0 Å². The molecule has 6 nitrogen and oxygen atoms in total. The van der Waals surface area contributed by atoms with Crippen molar-refractivity contribution in [3.05, 3.63) is 66.5 Å². The maximum atomic E-state index is 12.4. The Morgan fingerprint density at radius 2 is 1.71 bits per heavy atom. The molecule has 0 aliphatic rings. The zero-order chi connectivity index (χ0) is 16.9. The van der Waals surface area contributed by atoms with Crippen molar-refractivity contribution in [2.24, 2.45) is 7.05 Å². The van der Waals surface area contributed by atoms with E-state index in [1.165, 1.54) is 0 Å². The molecule has 0 bridgehead atoms. The molecule has 3 aromatic rings. The maximum absolute atomic E-state index is 12.4. The standard InChI is InChI=1S/C18H15N5O/c1-23-16(13-8-4-2-5-9-13)21-22-17(23)15(12-19)18(24)20-14-10-6-3-7-11-14/h2-11,15H,1H3,(H,20,24)/t15-/m0/s1. The lowest BCUT2D eigenvalue weighted by molar-refractivity contribution is -0.116. The number of nitrogens with zero attached hydrogens (tertiary/aromatic N) is 4. The van der Waals surface area contributed by atoms with Crippen molar-refractivity contribution < 1.29 is 4.79 Å². The number of benzene rings is 2. The maximum Gasteiger partial charge on any atom is 0.249 e.